The Balaban J connectivity index is 1.34. The first-order valence-electron chi connectivity index (χ1n) is 11.5. The SMILES string of the molecule is N#CC1(C(=O)N2CCN([C@H]3CCCN(C4CCOCC4)C3=O)CC2)CCCCC1. The average Bonchev–Trinajstić information content (AvgIpc) is 2.80. The minimum Gasteiger partial charge on any atom is -0.381 e. The maximum atomic E-state index is 13.2. The Morgan fingerprint density at radius 3 is 2.31 bits per heavy atom. The number of likely N-dealkylation sites (tertiary alicyclic amines) is 1. The van der Waals surface area contributed by atoms with E-state index in [4.69, 9.17) is 4.74 Å². The van der Waals surface area contributed by atoms with E-state index in [2.05, 4.69) is 15.9 Å². The molecule has 7 heteroatoms. The van der Waals surface area contributed by atoms with Crippen molar-refractivity contribution < 1.29 is 14.3 Å². The Hall–Kier alpha value is -1.65. The van der Waals surface area contributed by atoms with Crippen molar-refractivity contribution in [3.63, 3.8) is 0 Å². The van der Waals surface area contributed by atoms with Crippen LogP contribution in [0.3, 0.4) is 0 Å². The minimum atomic E-state index is -0.805. The number of piperidine rings is 1. The van der Waals surface area contributed by atoms with Crippen LogP contribution in [0.4, 0.5) is 0 Å². The van der Waals surface area contributed by atoms with E-state index in [0.717, 1.165) is 77.8 Å². The quantitative estimate of drug-likeness (QED) is 0.719. The maximum absolute atomic E-state index is 13.2. The van der Waals surface area contributed by atoms with Gasteiger partial charge in [-0.25, -0.2) is 0 Å². The molecule has 1 aliphatic carbocycles. The summed E-state index contributed by atoms with van der Waals surface area (Å²) in [5.74, 6) is 0.293. The average molecular weight is 403 g/mol. The van der Waals surface area contributed by atoms with Gasteiger partial charge >= 0.3 is 0 Å². The van der Waals surface area contributed by atoms with Gasteiger partial charge in [-0.05, 0) is 38.5 Å². The molecule has 0 aromatic heterocycles. The molecule has 3 heterocycles. The zero-order valence-corrected chi connectivity index (χ0v) is 17.5. The highest BCUT2D eigenvalue weighted by Crippen LogP contribution is 2.37. The van der Waals surface area contributed by atoms with Crippen molar-refractivity contribution in [3.8, 4) is 6.07 Å². The predicted molar refractivity (Wildman–Crippen MR) is 108 cm³/mol. The van der Waals surface area contributed by atoms with Crippen molar-refractivity contribution in [2.45, 2.75) is 69.9 Å². The molecule has 4 aliphatic rings. The molecule has 29 heavy (non-hydrogen) atoms. The van der Waals surface area contributed by atoms with Crippen molar-refractivity contribution in [3.05, 3.63) is 0 Å². The van der Waals surface area contributed by atoms with E-state index in [1.54, 1.807) is 0 Å². The van der Waals surface area contributed by atoms with Gasteiger partial charge in [0.15, 0.2) is 0 Å². The normalized spacial score (nSPS) is 29.5. The van der Waals surface area contributed by atoms with E-state index >= 15 is 0 Å². The van der Waals surface area contributed by atoms with Crippen molar-refractivity contribution in [1.82, 2.24) is 14.7 Å². The molecule has 0 bridgehead atoms. The maximum Gasteiger partial charge on any atom is 0.243 e. The minimum absolute atomic E-state index is 0.0261. The van der Waals surface area contributed by atoms with Crippen LogP contribution in [-0.4, -0.2) is 84.5 Å². The Labute approximate surface area is 173 Å². The van der Waals surface area contributed by atoms with Gasteiger partial charge in [-0.2, -0.15) is 5.26 Å². The number of nitriles is 1. The van der Waals surface area contributed by atoms with E-state index in [-0.39, 0.29) is 17.9 Å². The third kappa shape index (κ3) is 4.15. The van der Waals surface area contributed by atoms with Crippen LogP contribution < -0.4 is 0 Å². The molecule has 0 aromatic carbocycles. The third-order valence-corrected chi connectivity index (χ3v) is 7.45. The first-order chi connectivity index (χ1) is 14.1. The number of rotatable bonds is 3. The second-order valence-corrected chi connectivity index (χ2v) is 9.12. The van der Waals surface area contributed by atoms with E-state index < -0.39 is 5.41 Å². The van der Waals surface area contributed by atoms with Crippen LogP contribution in [0.5, 0.6) is 0 Å². The summed E-state index contributed by atoms with van der Waals surface area (Å²) in [6.07, 6.45) is 8.30. The zero-order valence-electron chi connectivity index (χ0n) is 17.5. The molecule has 2 amide bonds. The number of hydrogen-bond donors (Lipinski definition) is 0. The van der Waals surface area contributed by atoms with Crippen molar-refractivity contribution in [1.29, 1.82) is 5.26 Å². The lowest BCUT2D eigenvalue weighted by molar-refractivity contribution is -0.148. The topological polar surface area (TPSA) is 76.9 Å². The third-order valence-electron chi connectivity index (χ3n) is 7.45. The van der Waals surface area contributed by atoms with Gasteiger partial charge in [-0.15, -0.1) is 0 Å². The molecular formula is C22H34N4O3. The molecule has 0 aromatic rings. The molecule has 1 atom stereocenters. The number of carbonyl (C=O) groups is 2. The smallest absolute Gasteiger partial charge is 0.243 e. The van der Waals surface area contributed by atoms with Gasteiger partial charge in [-0.1, -0.05) is 19.3 Å². The van der Waals surface area contributed by atoms with Crippen molar-refractivity contribution in [2.75, 3.05) is 45.9 Å². The van der Waals surface area contributed by atoms with Crippen molar-refractivity contribution >= 4 is 11.8 Å². The summed E-state index contributed by atoms with van der Waals surface area (Å²) < 4.78 is 5.46. The van der Waals surface area contributed by atoms with Gasteiger partial charge < -0.3 is 14.5 Å². The number of piperazine rings is 1. The number of carbonyl (C=O) groups excluding carboxylic acids is 2. The second kappa shape index (κ2) is 9.01. The molecule has 7 nitrogen and oxygen atoms in total. The number of ether oxygens (including phenoxy) is 1. The molecule has 3 saturated heterocycles. The lowest BCUT2D eigenvalue weighted by Crippen LogP contribution is -2.61. The van der Waals surface area contributed by atoms with Gasteiger partial charge in [0.25, 0.3) is 0 Å². The Morgan fingerprint density at radius 2 is 1.66 bits per heavy atom. The van der Waals surface area contributed by atoms with Crippen LogP contribution >= 0.6 is 0 Å². The standard InChI is InChI=1S/C22H34N4O3/c23-17-22(8-2-1-3-9-22)21(28)25-13-11-24(12-14-25)19-5-4-10-26(20(19)27)18-6-15-29-16-7-18/h18-19H,1-16H2/t19-/m0/s1. The lowest BCUT2D eigenvalue weighted by Gasteiger charge is -2.46. The van der Waals surface area contributed by atoms with Gasteiger partial charge in [0.1, 0.15) is 5.41 Å². The molecule has 3 aliphatic heterocycles. The number of nitrogens with zero attached hydrogens (tertiary/aromatic N) is 4. The zero-order chi connectivity index (χ0) is 20.3. The number of hydrogen-bond acceptors (Lipinski definition) is 5. The van der Waals surface area contributed by atoms with E-state index in [9.17, 15) is 14.9 Å². The molecule has 4 fully saturated rings. The van der Waals surface area contributed by atoms with Gasteiger partial charge in [-0.3, -0.25) is 14.5 Å². The molecule has 1 saturated carbocycles. The highest BCUT2D eigenvalue weighted by Gasteiger charge is 2.44. The van der Waals surface area contributed by atoms with Crippen LogP contribution in [0, 0.1) is 16.7 Å². The van der Waals surface area contributed by atoms with Gasteiger partial charge in [0.2, 0.25) is 11.8 Å². The summed E-state index contributed by atoms with van der Waals surface area (Å²) in [7, 11) is 0. The monoisotopic (exact) mass is 402 g/mol. The van der Waals surface area contributed by atoms with Crippen LogP contribution in [0.2, 0.25) is 0 Å². The van der Waals surface area contributed by atoms with Crippen LogP contribution in [0.1, 0.15) is 57.8 Å². The summed E-state index contributed by atoms with van der Waals surface area (Å²) in [5, 5.41) is 9.72. The molecule has 160 valence electrons. The van der Waals surface area contributed by atoms with Crippen molar-refractivity contribution in [2.24, 2.45) is 5.41 Å². The Morgan fingerprint density at radius 1 is 0.966 bits per heavy atom. The summed E-state index contributed by atoms with van der Waals surface area (Å²) in [6.45, 7) is 5.08. The molecule has 0 N–H and O–H groups in total. The molecular weight excluding hydrogens is 368 g/mol. The highest BCUT2D eigenvalue weighted by atomic mass is 16.5. The molecule has 0 spiro atoms. The van der Waals surface area contributed by atoms with Crippen LogP contribution in [-0.2, 0) is 14.3 Å². The fourth-order valence-electron chi connectivity index (χ4n) is 5.65. The van der Waals surface area contributed by atoms with Gasteiger partial charge in [0, 0.05) is 52.0 Å². The summed E-state index contributed by atoms with van der Waals surface area (Å²) in [4.78, 5) is 32.6. The lowest BCUT2D eigenvalue weighted by atomic mass is 9.74. The predicted octanol–water partition coefficient (Wildman–Crippen LogP) is 1.77. The fraction of sp³-hybridized carbons (Fsp3) is 0.864. The molecule has 4 rings (SSSR count). The molecule has 0 unspecified atom stereocenters. The Bertz CT molecular complexity index is 641. The summed E-state index contributed by atoms with van der Waals surface area (Å²) >= 11 is 0. The highest BCUT2D eigenvalue weighted by molar-refractivity contribution is 5.86. The van der Waals surface area contributed by atoms with Crippen LogP contribution in [0.25, 0.3) is 0 Å². The van der Waals surface area contributed by atoms with E-state index in [1.807, 2.05) is 4.90 Å². The largest absolute Gasteiger partial charge is 0.381 e. The van der Waals surface area contributed by atoms with E-state index in [1.165, 1.54) is 0 Å². The first-order valence-corrected chi connectivity index (χ1v) is 11.5. The van der Waals surface area contributed by atoms with E-state index in [0.29, 0.717) is 32.0 Å². The first kappa shape index (κ1) is 20.6. The fourth-order valence-corrected chi connectivity index (χ4v) is 5.65. The summed E-state index contributed by atoms with van der Waals surface area (Å²) in [5.41, 5.74) is -0.805. The second-order valence-electron chi connectivity index (χ2n) is 9.12. The number of amides is 2. The summed E-state index contributed by atoms with van der Waals surface area (Å²) in [6, 6.07) is 2.63. The van der Waals surface area contributed by atoms with Gasteiger partial charge in [0.05, 0.1) is 12.1 Å². The Kier molecular flexibility index (Phi) is 6.41. The van der Waals surface area contributed by atoms with Crippen LogP contribution in [0.15, 0.2) is 0 Å². The molecule has 0 radical (unpaired) electrons.